The van der Waals surface area contributed by atoms with E-state index in [1.54, 1.807) is 0 Å². The summed E-state index contributed by atoms with van der Waals surface area (Å²) in [6, 6.07) is 0. The number of aliphatic hydroxyl groups excluding tert-OH is 2. The zero-order valence-corrected chi connectivity index (χ0v) is 17.4. The fourth-order valence-corrected chi connectivity index (χ4v) is 8.84. The van der Waals surface area contributed by atoms with E-state index in [0.29, 0.717) is 29.3 Å². The van der Waals surface area contributed by atoms with E-state index in [1.165, 1.54) is 57.8 Å². The van der Waals surface area contributed by atoms with Crippen LogP contribution in [0, 0.1) is 46.3 Å². The van der Waals surface area contributed by atoms with E-state index in [9.17, 15) is 10.2 Å². The van der Waals surface area contributed by atoms with Crippen LogP contribution in [-0.2, 0) is 0 Å². The average molecular weight is 363 g/mol. The van der Waals surface area contributed by atoms with E-state index >= 15 is 0 Å². The normalized spacial score (nSPS) is 52.0. The molecule has 0 saturated heterocycles. The van der Waals surface area contributed by atoms with E-state index in [1.807, 2.05) is 0 Å². The second-order valence-electron chi connectivity index (χ2n) is 11.1. The van der Waals surface area contributed by atoms with Crippen molar-refractivity contribution in [1.82, 2.24) is 0 Å². The molecule has 4 fully saturated rings. The first-order chi connectivity index (χ1) is 12.4. The molecule has 4 aliphatic carbocycles. The number of hydrogen-bond donors (Lipinski definition) is 2. The lowest BCUT2D eigenvalue weighted by molar-refractivity contribution is -0.164. The van der Waals surface area contributed by atoms with Gasteiger partial charge in [-0.1, -0.05) is 33.6 Å². The Hall–Kier alpha value is -0.0800. The molecule has 2 N–H and O–H groups in total. The Labute approximate surface area is 161 Å². The topological polar surface area (TPSA) is 40.5 Å². The number of hydrogen-bond acceptors (Lipinski definition) is 2. The summed E-state index contributed by atoms with van der Waals surface area (Å²) in [5.74, 6) is 4.34. The van der Waals surface area contributed by atoms with Crippen molar-refractivity contribution in [3.63, 3.8) is 0 Å². The van der Waals surface area contributed by atoms with Crippen LogP contribution in [0.5, 0.6) is 0 Å². The summed E-state index contributed by atoms with van der Waals surface area (Å²) in [5, 5.41) is 20.5. The summed E-state index contributed by atoms with van der Waals surface area (Å²) in [4.78, 5) is 0. The maximum Gasteiger partial charge on any atom is 0.0577 e. The highest BCUT2D eigenvalue weighted by Gasteiger charge is 2.62. The van der Waals surface area contributed by atoms with E-state index in [2.05, 4.69) is 20.8 Å². The van der Waals surface area contributed by atoms with Crippen molar-refractivity contribution in [3.8, 4) is 0 Å². The summed E-state index contributed by atoms with van der Waals surface area (Å²) in [5.41, 5.74) is 0.930. The monoisotopic (exact) mass is 362 g/mol. The fraction of sp³-hybridized carbons (Fsp3) is 1.00. The molecule has 0 aromatic rings. The largest absolute Gasteiger partial charge is 0.396 e. The molecule has 2 nitrogen and oxygen atoms in total. The predicted octanol–water partition coefficient (Wildman–Crippen LogP) is 5.41. The lowest BCUT2D eigenvalue weighted by Crippen LogP contribution is -2.57. The van der Waals surface area contributed by atoms with Crippen molar-refractivity contribution in [2.75, 3.05) is 6.61 Å². The smallest absolute Gasteiger partial charge is 0.0577 e. The maximum absolute atomic E-state index is 11.3. The van der Waals surface area contributed by atoms with Crippen molar-refractivity contribution < 1.29 is 10.2 Å². The molecule has 0 bridgehead atoms. The summed E-state index contributed by atoms with van der Waals surface area (Å²) >= 11 is 0. The zero-order valence-electron chi connectivity index (χ0n) is 17.4. The highest BCUT2D eigenvalue weighted by molar-refractivity contribution is 5.11. The van der Waals surface area contributed by atoms with Gasteiger partial charge in [0.1, 0.15) is 0 Å². The molecule has 0 aromatic carbocycles. The lowest BCUT2D eigenvalue weighted by Gasteiger charge is -2.62. The van der Waals surface area contributed by atoms with Crippen LogP contribution in [0.3, 0.4) is 0 Å². The number of aliphatic hydroxyl groups is 2. The van der Waals surface area contributed by atoms with Gasteiger partial charge < -0.3 is 10.2 Å². The first-order valence-corrected chi connectivity index (χ1v) is 11.7. The first kappa shape index (κ1) is 19.2. The second kappa shape index (κ2) is 7.07. The third-order valence-electron chi connectivity index (χ3n) is 10.2. The van der Waals surface area contributed by atoms with Crippen LogP contribution in [0.15, 0.2) is 0 Å². The average Bonchev–Trinajstić information content (AvgIpc) is 2.97. The van der Waals surface area contributed by atoms with Crippen LogP contribution in [0.4, 0.5) is 0 Å². The summed E-state index contributed by atoms with van der Waals surface area (Å²) in [6.45, 7) is 7.93. The van der Waals surface area contributed by atoms with Gasteiger partial charge >= 0.3 is 0 Å². The molecular weight excluding hydrogens is 320 g/mol. The van der Waals surface area contributed by atoms with Gasteiger partial charge in [0.05, 0.1) is 6.10 Å². The Morgan fingerprint density at radius 1 is 0.962 bits per heavy atom. The van der Waals surface area contributed by atoms with Gasteiger partial charge in [-0.05, 0) is 104 Å². The van der Waals surface area contributed by atoms with Crippen LogP contribution < -0.4 is 0 Å². The molecule has 2 heteroatoms. The third-order valence-corrected chi connectivity index (χ3v) is 10.2. The van der Waals surface area contributed by atoms with Gasteiger partial charge in [-0.15, -0.1) is 0 Å². The molecular formula is C24H42O2. The second-order valence-corrected chi connectivity index (χ2v) is 11.1. The van der Waals surface area contributed by atoms with Gasteiger partial charge in [-0.2, -0.15) is 0 Å². The Balaban J connectivity index is 1.58. The molecule has 4 rings (SSSR count). The van der Waals surface area contributed by atoms with Gasteiger partial charge in [-0.25, -0.2) is 0 Å². The molecule has 0 heterocycles. The minimum atomic E-state index is -0.0488. The minimum Gasteiger partial charge on any atom is -0.396 e. The van der Waals surface area contributed by atoms with E-state index in [4.69, 9.17) is 0 Å². The quantitative estimate of drug-likeness (QED) is 0.701. The van der Waals surface area contributed by atoms with Crippen molar-refractivity contribution in [1.29, 1.82) is 0 Å². The molecule has 4 aliphatic rings. The van der Waals surface area contributed by atoms with Crippen molar-refractivity contribution in [2.24, 2.45) is 46.3 Å². The molecule has 4 saturated carbocycles. The molecule has 26 heavy (non-hydrogen) atoms. The van der Waals surface area contributed by atoms with Gasteiger partial charge in [0.15, 0.2) is 0 Å². The molecule has 9 atom stereocenters. The Bertz CT molecular complexity index is 504. The molecule has 0 aliphatic heterocycles. The molecule has 0 radical (unpaired) electrons. The molecule has 0 spiro atoms. The Kier molecular flexibility index (Phi) is 5.23. The zero-order chi connectivity index (χ0) is 18.5. The van der Waals surface area contributed by atoms with Gasteiger partial charge in [0.25, 0.3) is 0 Å². The number of fused-ring (bicyclic) bond motifs is 5. The van der Waals surface area contributed by atoms with Crippen LogP contribution in [0.1, 0.15) is 91.4 Å². The van der Waals surface area contributed by atoms with Crippen molar-refractivity contribution in [3.05, 3.63) is 0 Å². The van der Waals surface area contributed by atoms with E-state index in [0.717, 1.165) is 36.5 Å². The van der Waals surface area contributed by atoms with Crippen LogP contribution in [0.25, 0.3) is 0 Å². The molecule has 0 amide bonds. The SMILES string of the molecule is C[C@H](CCCO)[C@H]1CC[C@H]2[C@@H]3[C@@H](O)C[C@@H]4CCCC[C@]4(C)[C@H]3CC[C@]12C. The number of rotatable bonds is 4. The maximum atomic E-state index is 11.3. The predicted molar refractivity (Wildman–Crippen MR) is 107 cm³/mol. The van der Waals surface area contributed by atoms with Crippen LogP contribution in [0.2, 0.25) is 0 Å². The summed E-state index contributed by atoms with van der Waals surface area (Å²) in [7, 11) is 0. The molecule has 0 aromatic heterocycles. The standard InChI is InChI=1S/C24H42O2/c1-16(7-6-14-25)18-9-10-19-22-20(11-13-24(18,19)3)23(2)12-5-4-8-17(23)15-21(22)26/h16-22,25-26H,4-15H2,1-3H3/t16-,17+,18-,19+,20+,21+,22+,23+,24-/m1/s1. The van der Waals surface area contributed by atoms with Crippen LogP contribution in [-0.4, -0.2) is 22.9 Å². The Morgan fingerprint density at radius 3 is 2.50 bits per heavy atom. The third kappa shape index (κ3) is 2.81. The highest BCUT2D eigenvalue weighted by Crippen LogP contribution is 2.68. The summed E-state index contributed by atoms with van der Waals surface area (Å²) < 4.78 is 0. The van der Waals surface area contributed by atoms with E-state index in [-0.39, 0.29) is 6.10 Å². The molecule has 0 unspecified atom stereocenters. The highest BCUT2D eigenvalue weighted by atomic mass is 16.3. The Morgan fingerprint density at radius 2 is 1.73 bits per heavy atom. The molecule has 150 valence electrons. The van der Waals surface area contributed by atoms with Gasteiger partial charge in [0.2, 0.25) is 0 Å². The first-order valence-electron chi connectivity index (χ1n) is 11.7. The van der Waals surface area contributed by atoms with Crippen LogP contribution >= 0.6 is 0 Å². The minimum absolute atomic E-state index is 0.0488. The lowest BCUT2D eigenvalue weighted by atomic mass is 9.44. The van der Waals surface area contributed by atoms with Crippen molar-refractivity contribution >= 4 is 0 Å². The van der Waals surface area contributed by atoms with Crippen molar-refractivity contribution in [2.45, 2.75) is 97.5 Å². The van der Waals surface area contributed by atoms with Gasteiger partial charge in [-0.3, -0.25) is 0 Å². The van der Waals surface area contributed by atoms with Gasteiger partial charge in [0, 0.05) is 6.61 Å². The fourth-order valence-electron chi connectivity index (χ4n) is 8.84. The van der Waals surface area contributed by atoms with E-state index < -0.39 is 0 Å². The summed E-state index contributed by atoms with van der Waals surface area (Å²) in [6.07, 6.45) is 14.1.